The molecule has 1 amide bonds. The van der Waals surface area contributed by atoms with Crippen LogP contribution in [0.1, 0.15) is 20.8 Å². The first-order chi connectivity index (χ1) is 7.37. The number of carbonyl (C=O) groups excluding carboxylic acids is 1. The molecule has 2 heterocycles. The number of hydrogen-bond donors (Lipinski definition) is 0. The number of amides is 1. The molecule has 5 heteroatoms. The van der Waals surface area contributed by atoms with Gasteiger partial charge >= 0.3 is 0 Å². The molecule has 2 fully saturated rings. The predicted molar refractivity (Wildman–Crippen MR) is 55.5 cm³/mol. The van der Waals surface area contributed by atoms with Crippen LogP contribution in [0, 0.1) is 11.3 Å². The quantitative estimate of drug-likeness (QED) is 0.511. The molecule has 2 aliphatic heterocycles. The van der Waals surface area contributed by atoms with E-state index in [1.165, 1.54) is 7.11 Å². The van der Waals surface area contributed by atoms with Crippen LogP contribution < -0.4 is 0 Å². The third kappa shape index (κ3) is 1.34. The lowest BCUT2D eigenvalue weighted by molar-refractivity contribution is -0.185. The SMILES string of the molecule is CO[C@@H]1C(=O)N(C(C)(C)C#N)[C@@H]1C1(C)CO1. The van der Waals surface area contributed by atoms with Crippen molar-refractivity contribution in [2.75, 3.05) is 13.7 Å². The summed E-state index contributed by atoms with van der Waals surface area (Å²) in [5.74, 6) is -0.129. The van der Waals surface area contributed by atoms with Crippen molar-refractivity contribution in [3.05, 3.63) is 0 Å². The Balaban J connectivity index is 2.26. The van der Waals surface area contributed by atoms with E-state index in [0.717, 1.165) is 0 Å². The van der Waals surface area contributed by atoms with Crippen LogP contribution in [-0.4, -0.2) is 47.8 Å². The molecule has 0 spiro atoms. The van der Waals surface area contributed by atoms with Gasteiger partial charge in [-0.25, -0.2) is 0 Å². The Bertz CT molecular complexity index is 368. The number of methoxy groups -OCH3 is 1. The third-order valence-corrected chi connectivity index (χ3v) is 3.40. The van der Waals surface area contributed by atoms with E-state index in [2.05, 4.69) is 6.07 Å². The Hall–Kier alpha value is -1.12. The minimum Gasteiger partial charge on any atom is -0.369 e. The van der Waals surface area contributed by atoms with E-state index in [0.29, 0.717) is 6.61 Å². The van der Waals surface area contributed by atoms with Crippen LogP contribution in [0.5, 0.6) is 0 Å². The summed E-state index contributed by atoms with van der Waals surface area (Å²) in [4.78, 5) is 13.5. The highest BCUT2D eigenvalue weighted by molar-refractivity contribution is 5.90. The highest BCUT2D eigenvalue weighted by Gasteiger charge is 2.65. The van der Waals surface area contributed by atoms with E-state index in [1.807, 2.05) is 6.92 Å². The minimum atomic E-state index is -0.814. The van der Waals surface area contributed by atoms with Crippen LogP contribution in [0.15, 0.2) is 0 Å². The highest BCUT2D eigenvalue weighted by Crippen LogP contribution is 2.44. The number of ether oxygens (including phenoxy) is 2. The van der Waals surface area contributed by atoms with Crippen molar-refractivity contribution in [1.29, 1.82) is 5.26 Å². The molecular weight excluding hydrogens is 208 g/mol. The number of carbonyl (C=O) groups is 1. The van der Waals surface area contributed by atoms with E-state index >= 15 is 0 Å². The fraction of sp³-hybridized carbons (Fsp3) is 0.818. The van der Waals surface area contributed by atoms with E-state index in [4.69, 9.17) is 14.7 Å². The standard InChI is InChI=1S/C11H16N2O3/c1-10(2,5-12)13-8(11(3)6-16-11)7(15-4)9(13)14/h7-8H,6H2,1-4H3/t7-,8-,11?/m0/s1. The molecule has 0 saturated carbocycles. The number of rotatable bonds is 3. The topological polar surface area (TPSA) is 65.9 Å². The summed E-state index contributed by atoms with van der Waals surface area (Å²) >= 11 is 0. The fourth-order valence-corrected chi connectivity index (χ4v) is 2.25. The smallest absolute Gasteiger partial charge is 0.255 e. The molecule has 2 rings (SSSR count). The van der Waals surface area contributed by atoms with E-state index in [9.17, 15) is 4.79 Å². The predicted octanol–water partition coefficient (Wildman–Crippen LogP) is 0.303. The zero-order valence-corrected chi connectivity index (χ0v) is 9.98. The largest absolute Gasteiger partial charge is 0.369 e. The molecule has 5 nitrogen and oxygen atoms in total. The molecule has 16 heavy (non-hydrogen) atoms. The number of nitrogens with zero attached hydrogens (tertiary/aromatic N) is 2. The molecule has 0 aliphatic carbocycles. The van der Waals surface area contributed by atoms with Crippen molar-refractivity contribution in [3.63, 3.8) is 0 Å². The molecule has 1 unspecified atom stereocenters. The van der Waals surface area contributed by atoms with E-state index < -0.39 is 11.6 Å². The summed E-state index contributed by atoms with van der Waals surface area (Å²) in [5.41, 5.74) is -1.16. The van der Waals surface area contributed by atoms with Crippen molar-refractivity contribution < 1.29 is 14.3 Å². The minimum absolute atomic E-state index is 0.129. The number of nitriles is 1. The second kappa shape index (κ2) is 3.19. The van der Waals surface area contributed by atoms with Crippen LogP contribution in [0.4, 0.5) is 0 Å². The summed E-state index contributed by atoms with van der Waals surface area (Å²) in [6.45, 7) is 6.02. The molecule has 0 aromatic heterocycles. The van der Waals surface area contributed by atoms with E-state index in [1.54, 1.807) is 18.7 Å². The lowest BCUT2D eigenvalue weighted by atomic mass is 9.82. The van der Waals surface area contributed by atoms with Crippen molar-refractivity contribution in [2.45, 2.75) is 44.1 Å². The van der Waals surface area contributed by atoms with Crippen molar-refractivity contribution in [1.82, 2.24) is 4.90 Å². The number of hydrogen-bond acceptors (Lipinski definition) is 4. The van der Waals surface area contributed by atoms with Gasteiger partial charge in [0, 0.05) is 7.11 Å². The average molecular weight is 224 g/mol. The van der Waals surface area contributed by atoms with Gasteiger partial charge in [0.25, 0.3) is 5.91 Å². The van der Waals surface area contributed by atoms with Crippen LogP contribution in [-0.2, 0) is 14.3 Å². The van der Waals surface area contributed by atoms with Gasteiger partial charge in [0.15, 0.2) is 6.10 Å². The molecular formula is C11H16N2O3. The normalized spacial score (nSPS) is 37.9. The molecule has 2 aliphatic rings. The maximum absolute atomic E-state index is 11.9. The fourth-order valence-electron chi connectivity index (χ4n) is 2.25. The Morgan fingerprint density at radius 1 is 1.69 bits per heavy atom. The Morgan fingerprint density at radius 2 is 2.25 bits per heavy atom. The molecule has 2 saturated heterocycles. The summed E-state index contributed by atoms with van der Waals surface area (Å²) < 4.78 is 10.5. The molecule has 0 aromatic rings. The average Bonchev–Trinajstić information content (AvgIpc) is 2.94. The van der Waals surface area contributed by atoms with Crippen molar-refractivity contribution in [2.24, 2.45) is 0 Å². The van der Waals surface area contributed by atoms with Gasteiger partial charge in [-0.05, 0) is 20.8 Å². The van der Waals surface area contributed by atoms with Gasteiger partial charge in [-0.1, -0.05) is 0 Å². The van der Waals surface area contributed by atoms with E-state index in [-0.39, 0.29) is 17.6 Å². The first-order valence-electron chi connectivity index (χ1n) is 5.28. The first-order valence-corrected chi connectivity index (χ1v) is 5.28. The van der Waals surface area contributed by atoms with Crippen LogP contribution in [0.3, 0.4) is 0 Å². The third-order valence-electron chi connectivity index (χ3n) is 3.40. The van der Waals surface area contributed by atoms with Crippen LogP contribution in [0.25, 0.3) is 0 Å². The first kappa shape index (κ1) is 11.4. The highest BCUT2D eigenvalue weighted by atomic mass is 16.6. The van der Waals surface area contributed by atoms with Crippen molar-refractivity contribution in [3.8, 4) is 6.07 Å². The zero-order valence-electron chi connectivity index (χ0n) is 9.98. The lowest BCUT2D eigenvalue weighted by Gasteiger charge is -2.53. The number of epoxide rings is 1. The molecule has 0 N–H and O–H groups in total. The number of β-lactam (4-membered cyclic amide) rings is 1. The molecule has 0 aromatic carbocycles. The molecule has 0 bridgehead atoms. The van der Waals surface area contributed by atoms with Gasteiger partial charge < -0.3 is 14.4 Å². The zero-order chi connectivity index (χ0) is 12.1. The molecule has 3 atom stereocenters. The Kier molecular flexibility index (Phi) is 2.26. The Morgan fingerprint density at radius 3 is 2.62 bits per heavy atom. The van der Waals surface area contributed by atoms with Gasteiger partial charge in [0.2, 0.25) is 0 Å². The number of likely N-dealkylation sites (tertiary alicyclic amines) is 1. The maximum atomic E-state index is 11.9. The second-order valence-corrected chi connectivity index (χ2v) is 5.08. The van der Waals surface area contributed by atoms with Gasteiger partial charge in [0.05, 0.1) is 18.7 Å². The molecule has 0 radical (unpaired) electrons. The monoisotopic (exact) mass is 224 g/mol. The molecule has 88 valence electrons. The van der Waals surface area contributed by atoms with Crippen molar-refractivity contribution >= 4 is 5.91 Å². The summed E-state index contributed by atoms with van der Waals surface area (Å²) in [5, 5.41) is 9.08. The van der Waals surface area contributed by atoms with Gasteiger partial charge in [-0.2, -0.15) is 5.26 Å². The van der Waals surface area contributed by atoms with Gasteiger partial charge in [-0.3, -0.25) is 4.79 Å². The lowest BCUT2D eigenvalue weighted by Crippen LogP contribution is -2.75. The van der Waals surface area contributed by atoms with Crippen LogP contribution >= 0.6 is 0 Å². The Labute approximate surface area is 94.9 Å². The summed E-state index contributed by atoms with van der Waals surface area (Å²) in [7, 11) is 1.51. The maximum Gasteiger partial charge on any atom is 0.255 e. The van der Waals surface area contributed by atoms with Gasteiger partial charge in [0.1, 0.15) is 11.1 Å². The summed E-state index contributed by atoms with van der Waals surface area (Å²) in [6, 6.07) is 1.99. The van der Waals surface area contributed by atoms with Gasteiger partial charge in [-0.15, -0.1) is 0 Å². The van der Waals surface area contributed by atoms with Crippen LogP contribution in [0.2, 0.25) is 0 Å². The summed E-state index contributed by atoms with van der Waals surface area (Å²) in [6.07, 6.45) is -0.472. The second-order valence-electron chi connectivity index (χ2n) is 5.08.